The van der Waals surface area contributed by atoms with Crippen LogP contribution in [0.5, 0.6) is 0 Å². The average molecular weight is 296 g/mol. The first-order chi connectivity index (χ1) is 8.75. The summed E-state index contributed by atoms with van der Waals surface area (Å²) in [5, 5.41) is 7.13. The molecule has 2 heterocycles. The molecule has 0 amide bonds. The number of hydrogen-bond donors (Lipinski definition) is 1. The molecule has 0 bridgehead atoms. The van der Waals surface area contributed by atoms with Crippen LogP contribution >= 0.6 is 34.5 Å². The lowest BCUT2D eigenvalue weighted by atomic mass is 10.3. The minimum Gasteiger partial charge on any atom is -0.338 e. The van der Waals surface area contributed by atoms with Crippen LogP contribution < -0.4 is 5.32 Å². The van der Waals surface area contributed by atoms with Crippen LogP contribution in [-0.2, 0) is 0 Å². The highest BCUT2D eigenvalue weighted by atomic mass is 35.5. The number of hydrogen-bond acceptors (Lipinski definition) is 4. The van der Waals surface area contributed by atoms with E-state index in [4.69, 9.17) is 23.2 Å². The molecule has 0 radical (unpaired) electrons. The Labute approximate surface area is 117 Å². The molecule has 90 valence electrons. The minimum atomic E-state index is 0.487. The zero-order valence-electron chi connectivity index (χ0n) is 9.02. The van der Waals surface area contributed by atoms with Gasteiger partial charge in [-0.2, -0.15) is 0 Å². The summed E-state index contributed by atoms with van der Waals surface area (Å²) in [4.78, 5) is 9.36. The number of benzene rings is 1. The molecule has 6 heteroatoms. The van der Waals surface area contributed by atoms with E-state index < -0.39 is 0 Å². The highest BCUT2D eigenvalue weighted by Gasteiger charge is 2.08. The lowest BCUT2D eigenvalue weighted by Gasteiger charge is -2.08. The Hall–Kier alpha value is -1.36. The van der Waals surface area contributed by atoms with Crippen molar-refractivity contribution in [3.8, 4) is 0 Å². The first-order valence-electron chi connectivity index (χ1n) is 5.15. The van der Waals surface area contributed by atoms with E-state index in [0.29, 0.717) is 10.0 Å². The molecule has 0 saturated carbocycles. The molecule has 0 unspecified atom stereocenters. The van der Waals surface area contributed by atoms with Crippen LogP contribution in [0.1, 0.15) is 0 Å². The van der Waals surface area contributed by atoms with Crippen LogP contribution in [0.15, 0.2) is 36.0 Å². The second kappa shape index (κ2) is 4.72. The molecular weight excluding hydrogens is 289 g/mol. The SMILES string of the molecule is Clc1cccc(Nc2ncnc3sccc23)c1Cl. The molecule has 3 aromatic rings. The first kappa shape index (κ1) is 11.7. The van der Waals surface area contributed by atoms with E-state index in [2.05, 4.69) is 15.3 Å². The maximum Gasteiger partial charge on any atom is 0.142 e. The number of halogens is 2. The van der Waals surface area contributed by atoms with Gasteiger partial charge in [0.15, 0.2) is 0 Å². The number of fused-ring (bicyclic) bond motifs is 1. The highest BCUT2D eigenvalue weighted by molar-refractivity contribution is 7.16. The maximum absolute atomic E-state index is 6.13. The Balaban J connectivity index is 2.06. The van der Waals surface area contributed by atoms with Crippen molar-refractivity contribution in [1.82, 2.24) is 9.97 Å². The van der Waals surface area contributed by atoms with Crippen molar-refractivity contribution in [2.75, 3.05) is 5.32 Å². The Morgan fingerprint density at radius 2 is 2.00 bits per heavy atom. The summed E-state index contributed by atoms with van der Waals surface area (Å²) >= 11 is 13.7. The van der Waals surface area contributed by atoms with Crippen molar-refractivity contribution < 1.29 is 0 Å². The molecule has 0 fully saturated rings. The molecule has 3 nitrogen and oxygen atoms in total. The van der Waals surface area contributed by atoms with Crippen molar-refractivity contribution >= 4 is 56.3 Å². The summed E-state index contributed by atoms with van der Waals surface area (Å²) in [7, 11) is 0. The van der Waals surface area contributed by atoms with Gasteiger partial charge in [0.25, 0.3) is 0 Å². The van der Waals surface area contributed by atoms with Gasteiger partial charge in [-0.1, -0.05) is 29.3 Å². The number of aromatic nitrogens is 2. The van der Waals surface area contributed by atoms with E-state index in [1.165, 1.54) is 6.33 Å². The molecule has 1 N–H and O–H groups in total. The lowest BCUT2D eigenvalue weighted by Crippen LogP contribution is -1.95. The van der Waals surface area contributed by atoms with E-state index >= 15 is 0 Å². The fourth-order valence-electron chi connectivity index (χ4n) is 1.62. The maximum atomic E-state index is 6.13. The third kappa shape index (κ3) is 2.03. The normalized spacial score (nSPS) is 10.8. The standard InChI is InChI=1S/C12H7Cl2N3S/c13-8-2-1-3-9(10(8)14)17-11-7-4-5-18-12(7)16-6-15-11/h1-6H,(H,15,16,17). The predicted molar refractivity (Wildman–Crippen MR) is 77.2 cm³/mol. The minimum absolute atomic E-state index is 0.487. The van der Waals surface area contributed by atoms with Gasteiger partial charge < -0.3 is 5.32 Å². The summed E-state index contributed by atoms with van der Waals surface area (Å²) in [5.74, 6) is 0.727. The van der Waals surface area contributed by atoms with Gasteiger partial charge in [0.2, 0.25) is 0 Å². The monoisotopic (exact) mass is 295 g/mol. The summed E-state index contributed by atoms with van der Waals surface area (Å²) in [5.41, 5.74) is 0.732. The summed E-state index contributed by atoms with van der Waals surface area (Å²) in [6, 6.07) is 7.41. The van der Waals surface area contributed by atoms with Gasteiger partial charge in [-0.25, -0.2) is 9.97 Å². The van der Waals surface area contributed by atoms with Gasteiger partial charge in [-0.15, -0.1) is 11.3 Å². The number of nitrogens with one attached hydrogen (secondary N) is 1. The molecule has 2 aromatic heterocycles. The van der Waals surface area contributed by atoms with E-state index in [-0.39, 0.29) is 0 Å². The van der Waals surface area contributed by atoms with E-state index in [0.717, 1.165) is 21.7 Å². The van der Waals surface area contributed by atoms with E-state index in [1.54, 1.807) is 17.4 Å². The van der Waals surface area contributed by atoms with Gasteiger partial charge in [-0.05, 0) is 23.6 Å². The van der Waals surface area contributed by atoms with Crippen LogP contribution in [0.25, 0.3) is 10.2 Å². The van der Waals surface area contributed by atoms with Gasteiger partial charge in [0.05, 0.1) is 21.1 Å². The fourth-order valence-corrected chi connectivity index (χ4v) is 2.70. The lowest BCUT2D eigenvalue weighted by molar-refractivity contribution is 1.23. The topological polar surface area (TPSA) is 37.8 Å². The molecule has 3 rings (SSSR count). The van der Waals surface area contributed by atoms with Gasteiger partial charge in [0, 0.05) is 0 Å². The summed E-state index contributed by atoms with van der Waals surface area (Å²) in [6.45, 7) is 0. The molecule has 0 aliphatic heterocycles. The Bertz CT molecular complexity index is 711. The van der Waals surface area contributed by atoms with Crippen molar-refractivity contribution in [1.29, 1.82) is 0 Å². The van der Waals surface area contributed by atoms with E-state index in [9.17, 15) is 0 Å². The van der Waals surface area contributed by atoms with Gasteiger partial charge in [0.1, 0.15) is 17.0 Å². The second-order valence-corrected chi connectivity index (χ2v) is 5.27. The Morgan fingerprint density at radius 1 is 1.11 bits per heavy atom. The van der Waals surface area contributed by atoms with Gasteiger partial charge in [-0.3, -0.25) is 0 Å². The first-order valence-corrected chi connectivity index (χ1v) is 6.78. The Kier molecular flexibility index (Phi) is 3.07. The molecule has 1 aromatic carbocycles. The van der Waals surface area contributed by atoms with Crippen molar-refractivity contribution in [2.24, 2.45) is 0 Å². The van der Waals surface area contributed by atoms with Crippen LogP contribution in [0.2, 0.25) is 10.0 Å². The quantitative estimate of drug-likeness (QED) is 0.742. The molecule has 18 heavy (non-hydrogen) atoms. The smallest absolute Gasteiger partial charge is 0.142 e. The predicted octanol–water partition coefficient (Wildman–Crippen LogP) is 4.74. The highest BCUT2D eigenvalue weighted by Crippen LogP contribution is 2.33. The molecule has 0 aliphatic rings. The molecule has 0 aliphatic carbocycles. The van der Waals surface area contributed by atoms with Crippen LogP contribution in [-0.4, -0.2) is 9.97 Å². The van der Waals surface area contributed by atoms with E-state index in [1.807, 2.05) is 23.6 Å². The zero-order valence-corrected chi connectivity index (χ0v) is 11.4. The number of nitrogens with zero attached hydrogens (tertiary/aromatic N) is 2. The number of thiophene rings is 1. The summed E-state index contributed by atoms with van der Waals surface area (Å²) in [6.07, 6.45) is 1.53. The number of rotatable bonds is 2. The Morgan fingerprint density at radius 3 is 2.89 bits per heavy atom. The molecule has 0 atom stereocenters. The largest absolute Gasteiger partial charge is 0.338 e. The average Bonchev–Trinajstić information content (AvgIpc) is 2.84. The molecule has 0 saturated heterocycles. The van der Waals surface area contributed by atoms with Crippen LogP contribution in [0.3, 0.4) is 0 Å². The fraction of sp³-hybridized carbons (Fsp3) is 0. The van der Waals surface area contributed by atoms with Gasteiger partial charge >= 0.3 is 0 Å². The van der Waals surface area contributed by atoms with Crippen molar-refractivity contribution in [3.05, 3.63) is 46.0 Å². The zero-order chi connectivity index (χ0) is 12.5. The van der Waals surface area contributed by atoms with Crippen molar-refractivity contribution in [3.63, 3.8) is 0 Å². The summed E-state index contributed by atoms with van der Waals surface area (Å²) < 4.78 is 0. The number of anilines is 2. The third-order valence-corrected chi connectivity index (χ3v) is 4.11. The van der Waals surface area contributed by atoms with Crippen LogP contribution in [0.4, 0.5) is 11.5 Å². The molecular formula is C12H7Cl2N3S. The van der Waals surface area contributed by atoms with Crippen LogP contribution in [0, 0.1) is 0 Å². The third-order valence-electron chi connectivity index (χ3n) is 2.47. The van der Waals surface area contributed by atoms with Crippen molar-refractivity contribution in [2.45, 2.75) is 0 Å². The second-order valence-electron chi connectivity index (χ2n) is 3.59. The molecule has 0 spiro atoms.